The van der Waals surface area contributed by atoms with E-state index in [1.807, 2.05) is 13.2 Å². The largest absolute Gasteiger partial charge is 0.377 e. The number of ether oxygens (including phenoxy) is 1. The maximum atomic E-state index is 6.02. The number of allylic oxidation sites excluding steroid dienone is 1. The minimum absolute atomic E-state index is 0.0582. The molecule has 1 atom stereocenters. The first-order valence-corrected chi connectivity index (χ1v) is 8.33. The molecular formula is C18H35NO. The van der Waals surface area contributed by atoms with Gasteiger partial charge in [-0.25, -0.2) is 0 Å². The molecule has 20 heavy (non-hydrogen) atoms. The van der Waals surface area contributed by atoms with Crippen molar-refractivity contribution in [1.82, 2.24) is 5.32 Å². The third-order valence-corrected chi connectivity index (χ3v) is 5.24. The van der Waals surface area contributed by atoms with Gasteiger partial charge in [0.05, 0.1) is 5.60 Å². The van der Waals surface area contributed by atoms with E-state index in [1.54, 1.807) is 0 Å². The summed E-state index contributed by atoms with van der Waals surface area (Å²) in [7, 11) is 4.00. The molecule has 118 valence electrons. The summed E-state index contributed by atoms with van der Waals surface area (Å²) in [5.74, 6) is 0. The Bertz CT molecular complexity index is 275. The molecule has 1 rings (SSSR count). The van der Waals surface area contributed by atoms with Crippen LogP contribution in [0.15, 0.2) is 12.7 Å². The summed E-state index contributed by atoms with van der Waals surface area (Å²) in [6.07, 6.45) is 13.2. The fraction of sp³-hybridized carbons (Fsp3) is 0.889. The van der Waals surface area contributed by atoms with Crippen molar-refractivity contribution in [3.8, 4) is 0 Å². The van der Waals surface area contributed by atoms with Gasteiger partial charge >= 0.3 is 0 Å². The number of methoxy groups -OCH3 is 1. The molecule has 1 fully saturated rings. The monoisotopic (exact) mass is 281 g/mol. The Hall–Kier alpha value is -0.340. The number of nitrogens with one attached hydrogen (secondary N) is 1. The molecule has 1 N–H and O–H groups in total. The lowest BCUT2D eigenvalue weighted by Gasteiger charge is -2.47. The van der Waals surface area contributed by atoms with Gasteiger partial charge in [0.15, 0.2) is 0 Å². The fourth-order valence-electron chi connectivity index (χ4n) is 3.53. The van der Waals surface area contributed by atoms with Crippen LogP contribution in [-0.4, -0.2) is 25.8 Å². The molecule has 0 spiro atoms. The summed E-state index contributed by atoms with van der Waals surface area (Å²) in [5.41, 5.74) is 0.549. The maximum Gasteiger partial charge on any atom is 0.0831 e. The molecule has 0 aromatic heterocycles. The Morgan fingerprint density at radius 1 is 1.15 bits per heavy atom. The third kappa shape index (κ3) is 4.89. The number of rotatable bonds is 9. The van der Waals surface area contributed by atoms with Crippen LogP contribution in [0.3, 0.4) is 0 Å². The predicted octanol–water partition coefficient (Wildman–Crippen LogP) is 4.70. The first kappa shape index (κ1) is 17.7. The Balaban J connectivity index is 2.50. The Morgan fingerprint density at radius 2 is 1.80 bits per heavy atom. The van der Waals surface area contributed by atoms with Crippen LogP contribution in [-0.2, 0) is 4.74 Å². The van der Waals surface area contributed by atoms with Gasteiger partial charge in [-0.3, -0.25) is 0 Å². The Labute approximate surface area is 126 Å². The molecule has 1 unspecified atom stereocenters. The summed E-state index contributed by atoms with van der Waals surface area (Å²) < 4.78 is 6.02. The lowest BCUT2D eigenvalue weighted by atomic mass is 9.67. The van der Waals surface area contributed by atoms with Crippen LogP contribution in [0.25, 0.3) is 0 Å². The van der Waals surface area contributed by atoms with Gasteiger partial charge in [-0.2, -0.15) is 0 Å². The highest BCUT2D eigenvalue weighted by molar-refractivity contribution is 4.98. The first-order chi connectivity index (χ1) is 9.49. The van der Waals surface area contributed by atoms with Crippen molar-refractivity contribution in [3.63, 3.8) is 0 Å². The molecule has 2 heteroatoms. The molecule has 0 radical (unpaired) electrons. The number of hydrogen-bond donors (Lipinski definition) is 1. The highest BCUT2D eigenvalue weighted by Gasteiger charge is 2.43. The average molecular weight is 281 g/mol. The number of unbranched alkanes of at least 4 members (excludes halogenated alkanes) is 3. The van der Waals surface area contributed by atoms with Crippen molar-refractivity contribution >= 4 is 0 Å². The first-order valence-electron chi connectivity index (χ1n) is 8.33. The number of likely N-dealkylation sites (N-methyl/N-ethyl adjacent to an activating group) is 1. The van der Waals surface area contributed by atoms with Crippen molar-refractivity contribution in [2.24, 2.45) is 5.41 Å². The Kier molecular flexibility index (Phi) is 7.25. The average Bonchev–Trinajstić information content (AvgIpc) is 2.44. The predicted molar refractivity (Wildman–Crippen MR) is 88.1 cm³/mol. The molecule has 0 bridgehead atoms. The minimum Gasteiger partial charge on any atom is -0.377 e. The molecule has 1 aliphatic rings. The smallest absolute Gasteiger partial charge is 0.0831 e. The van der Waals surface area contributed by atoms with E-state index >= 15 is 0 Å². The second-order valence-electron chi connectivity index (χ2n) is 7.20. The zero-order chi connectivity index (χ0) is 15.1. The molecule has 1 aliphatic carbocycles. The lowest BCUT2D eigenvalue weighted by Crippen LogP contribution is -2.53. The van der Waals surface area contributed by atoms with E-state index in [0.717, 1.165) is 6.42 Å². The van der Waals surface area contributed by atoms with Crippen LogP contribution in [0.4, 0.5) is 0 Å². The van der Waals surface area contributed by atoms with Gasteiger partial charge in [0.1, 0.15) is 0 Å². The van der Waals surface area contributed by atoms with E-state index in [0.29, 0.717) is 11.5 Å². The van der Waals surface area contributed by atoms with Crippen molar-refractivity contribution in [2.45, 2.75) is 83.3 Å². The van der Waals surface area contributed by atoms with Crippen molar-refractivity contribution in [3.05, 3.63) is 12.7 Å². The van der Waals surface area contributed by atoms with Gasteiger partial charge in [-0.15, -0.1) is 6.58 Å². The summed E-state index contributed by atoms with van der Waals surface area (Å²) in [6, 6.07) is 0.493. The van der Waals surface area contributed by atoms with Gasteiger partial charge in [0.2, 0.25) is 0 Å². The standard InChI is InChI=1S/C18H35NO/c1-6-7-8-9-10-11-16(19-4)18(20-5)14-12-17(2,3)13-15-18/h6,16,19H,1,7-15H2,2-5H3. The zero-order valence-corrected chi connectivity index (χ0v) is 14.1. The molecule has 0 heterocycles. The second-order valence-corrected chi connectivity index (χ2v) is 7.20. The van der Waals surface area contributed by atoms with Crippen molar-refractivity contribution < 1.29 is 4.74 Å². The fourth-order valence-corrected chi connectivity index (χ4v) is 3.53. The van der Waals surface area contributed by atoms with E-state index in [1.165, 1.54) is 51.4 Å². The molecular weight excluding hydrogens is 246 g/mol. The molecule has 0 saturated heterocycles. The summed E-state index contributed by atoms with van der Waals surface area (Å²) in [5, 5.41) is 3.54. The number of hydrogen-bond acceptors (Lipinski definition) is 2. The van der Waals surface area contributed by atoms with E-state index in [2.05, 4.69) is 32.8 Å². The van der Waals surface area contributed by atoms with Crippen LogP contribution in [0.2, 0.25) is 0 Å². The topological polar surface area (TPSA) is 21.3 Å². The van der Waals surface area contributed by atoms with Gasteiger partial charge in [-0.1, -0.05) is 32.8 Å². The molecule has 2 nitrogen and oxygen atoms in total. The molecule has 0 amide bonds. The normalized spacial score (nSPS) is 22.4. The van der Waals surface area contributed by atoms with Gasteiger partial charge in [0, 0.05) is 13.2 Å². The molecule has 1 saturated carbocycles. The lowest BCUT2D eigenvalue weighted by molar-refractivity contribution is -0.0868. The second kappa shape index (κ2) is 8.19. The summed E-state index contributed by atoms with van der Waals surface area (Å²) in [4.78, 5) is 0. The summed E-state index contributed by atoms with van der Waals surface area (Å²) >= 11 is 0. The van der Waals surface area contributed by atoms with E-state index in [9.17, 15) is 0 Å². The maximum absolute atomic E-state index is 6.02. The Morgan fingerprint density at radius 3 is 2.30 bits per heavy atom. The van der Waals surface area contributed by atoms with Gasteiger partial charge in [0.25, 0.3) is 0 Å². The van der Waals surface area contributed by atoms with Crippen LogP contribution >= 0.6 is 0 Å². The van der Waals surface area contributed by atoms with Crippen LogP contribution in [0.1, 0.15) is 71.6 Å². The van der Waals surface area contributed by atoms with E-state index < -0.39 is 0 Å². The van der Waals surface area contributed by atoms with Crippen LogP contribution < -0.4 is 5.32 Å². The highest BCUT2D eigenvalue weighted by atomic mass is 16.5. The van der Waals surface area contributed by atoms with Gasteiger partial charge in [-0.05, 0) is 57.4 Å². The third-order valence-electron chi connectivity index (χ3n) is 5.24. The minimum atomic E-state index is 0.0582. The summed E-state index contributed by atoms with van der Waals surface area (Å²) in [6.45, 7) is 8.56. The van der Waals surface area contributed by atoms with Crippen LogP contribution in [0, 0.1) is 5.41 Å². The van der Waals surface area contributed by atoms with Gasteiger partial charge < -0.3 is 10.1 Å². The molecule has 0 aliphatic heterocycles. The van der Waals surface area contributed by atoms with Crippen molar-refractivity contribution in [2.75, 3.05) is 14.2 Å². The van der Waals surface area contributed by atoms with Crippen molar-refractivity contribution in [1.29, 1.82) is 0 Å². The highest BCUT2D eigenvalue weighted by Crippen LogP contribution is 2.44. The van der Waals surface area contributed by atoms with E-state index in [4.69, 9.17) is 4.74 Å². The van der Waals surface area contributed by atoms with Crippen LogP contribution in [0.5, 0.6) is 0 Å². The van der Waals surface area contributed by atoms with E-state index in [-0.39, 0.29) is 5.60 Å². The zero-order valence-electron chi connectivity index (χ0n) is 14.1. The SMILES string of the molecule is C=CCCCCCC(NC)C1(OC)CCC(C)(C)CC1. The molecule has 0 aromatic carbocycles. The molecule has 0 aromatic rings. The quantitative estimate of drug-likeness (QED) is 0.489.